The van der Waals surface area contributed by atoms with Crippen LogP contribution in [0.4, 0.5) is 0 Å². The van der Waals surface area contributed by atoms with Gasteiger partial charge >= 0.3 is 0 Å². The molecule has 16 heavy (non-hydrogen) atoms. The number of rotatable bonds is 4. The summed E-state index contributed by atoms with van der Waals surface area (Å²) in [5.74, 6) is -0.175. The summed E-state index contributed by atoms with van der Waals surface area (Å²) in [7, 11) is 0. The molecule has 1 fully saturated rings. The van der Waals surface area contributed by atoms with E-state index in [-0.39, 0.29) is 23.8 Å². The number of carbonyl (C=O) groups is 2. The average Bonchev–Trinajstić information content (AvgIpc) is 2.65. The Morgan fingerprint density at radius 1 is 1.44 bits per heavy atom. The van der Waals surface area contributed by atoms with Gasteiger partial charge in [-0.1, -0.05) is 13.8 Å². The zero-order valence-corrected chi connectivity index (χ0v) is 9.98. The number of carbonyl (C=O) groups excluding carboxylic acids is 2. The number of hydrogen-bond donors (Lipinski definition) is 2. The van der Waals surface area contributed by atoms with Gasteiger partial charge in [-0.2, -0.15) is 0 Å². The van der Waals surface area contributed by atoms with Crippen LogP contribution < -0.4 is 11.5 Å². The lowest BCUT2D eigenvalue weighted by atomic mass is 10.0. The van der Waals surface area contributed by atoms with Gasteiger partial charge in [0.15, 0.2) is 0 Å². The third kappa shape index (κ3) is 3.20. The Balaban J connectivity index is 2.42. The summed E-state index contributed by atoms with van der Waals surface area (Å²) >= 11 is 0. The normalized spacial score (nSPS) is 22.5. The van der Waals surface area contributed by atoms with Gasteiger partial charge < -0.3 is 16.4 Å². The summed E-state index contributed by atoms with van der Waals surface area (Å²) in [6.07, 6.45) is 1.03. The van der Waals surface area contributed by atoms with Crippen molar-refractivity contribution >= 4 is 11.8 Å². The van der Waals surface area contributed by atoms with Crippen molar-refractivity contribution in [3.05, 3.63) is 0 Å². The molecule has 2 unspecified atom stereocenters. The highest BCUT2D eigenvalue weighted by molar-refractivity contribution is 5.81. The fourth-order valence-electron chi connectivity index (χ4n) is 1.79. The summed E-state index contributed by atoms with van der Waals surface area (Å²) in [5.41, 5.74) is 11.0. The maximum atomic E-state index is 11.8. The molecule has 0 saturated carbocycles. The van der Waals surface area contributed by atoms with E-state index < -0.39 is 0 Å². The Hall–Kier alpha value is -1.10. The van der Waals surface area contributed by atoms with Crippen molar-refractivity contribution in [2.24, 2.45) is 23.3 Å². The zero-order valence-electron chi connectivity index (χ0n) is 9.98. The number of nitrogens with zero attached hydrogens (tertiary/aromatic N) is 1. The van der Waals surface area contributed by atoms with E-state index in [4.69, 9.17) is 11.5 Å². The van der Waals surface area contributed by atoms with Crippen molar-refractivity contribution < 1.29 is 9.59 Å². The first-order chi connectivity index (χ1) is 7.41. The predicted molar refractivity (Wildman–Crippen MR) is 61.3 cm³/mol. The maximum absolute atomic E-state index is 11.8. The SMILES string of the molecule is CC(C)C(N)CC(=O)N1CCC(C(N)=O)C1. The van der Waals surface area contributed by atoms with E-state index in [0.29, 0.717) is 31.8 Å². The van der Waals surface area contributed by atoms with Crippen molar-refractivity contribution in [3.8, 4) is 0 Å². The Labute approximate surface area is 96.1 Å². The molecule has 5 heteroatoms. The number of primary amides is 1. The molecule has 0 aromatic carbocycles. The van der Waals surface area contributed by atoms with Gasteiger partial charge in [0, 0.05) is 25.6 Å². The van der Waals surface area contributed by atoms with Crippen LogP contribution in [0, 0.1) is 11.8 Å². The van der Waals surface area contributed by atoms with Gasteiger partial charge in [-0.05, 0) is 12.3 Å². The van der Waals surface area contributed by atoms with Crippen LogP contribution in [0.2, 0.25) is 0 Å². The molecule has 5 nitrogen and oxygen atoms in total. The van der Waals surface area contributed by atoms with Gasteiger partial charge in [0.25, 0.3) is 0 Å². The highest BCUT2D eigenvalue weighted by Gasteiger charge is 2.30. The molecule has 0 aliphatic carbocycles. The minimum absolute atomic E-state index is 0.0324. The third-order valence-electron chi connectivity index (χ3n) is 3.21. The van der Waals surface area contributed by atoms with Crippen molar-refractivity contribution in [1.82, 2.24) is 4.90 Å². The molecular formula is C11H21N3O2. The van der Waals surface area contributed by atoms with Crippen molar-refractivity contribution in [2.75, 3.05) is 13.1 Å². The number of nitrogens with two attached hydrogens (primary N) is 2. The van der Waals surface area contributed by atoms with Crippen molar-refractivity contribution in [2.45, 2.75) is 32.7 Å². The Kier molecular flexibility index (Phi) is 4.29. The number of amides is 2. The van der Waals surface area contributed by atoms with Gasteiger partial charge in [0.1, 0.15) is 0 Å². The van der Waals surface area contributed by atoms with Crippen LogP contribution in [0.15, 0.2) is 0 Å². The van der Waals surface area contributed by atoms with Crippen molar-refractivity contribution in [3.63, 3.8) is 0 Å². The first kappa shape index (κ1) is 13.0. The molecule has 1 saturated heterocycles. The maximum Gasteiger partial charge on any atom is 0.224 e. The van der Waals surface area contributed by atoms with Crippen LogP contribution in [-0.2, 0) is 9.59 Å². The minimum atomic E-state index is -0.316. The molecule has 0 radical (unpaired) electrons. The van der Waals surface area contributed by atoms with Gasteiger partial charge in [-0.3, -0.25) is 9.59 Å². The molecule has 0 aromatic heterocycles. The van der Waals surface area contributed by atoms with Gasteiger partial charge in [-0.25, -0.2) is 0 Å². The largest absolute Gasteiger partial charge is 0.369 e. The quantitative estimate of drug-likeness (QED) is 0.690. The monoisotopic (exact) mass is 227 g/mol. The van der Waals surface area contributed by atoms with E-state index in [1.54, 1.807) is 4.90 Å². The smallest absolute Gasteiger partial charge is 0.224 e. The molecule has 1 aliphatic heterocycles. The fourth-order valence-corrected chi connectivity index (χ4v) is 1.79. The molecule has 92 valence electrons. The lowest BCUT2D eigenvalue weighted by Gasteiger charge is -2.20. The molecule has 4 N–H and O–H groups in total. The van der Waals surface area contributed by atoms with Gasteiger partial charge in [0.05, 0.1) is 5.92 Å². The molecule has 1 heterocycles. The van der Waals surface area contributed by atoms with Crippen LogP contribution in [0.25, 0.3) is 0 Å². The zero-order chi connectivity index (χ0) is 12.3. The second kappa shape index (κ2) is 5.30. The van der Waals surface area contributed by atoms with E-state index in [0.717, 1.165) is 0 Å². The topological polar surface area (TPSA) is 89.4 Å². The summed E-state index contributed by atoms with van der Waals surface area (Å²) in [5, 5.41) is 0. The molecule has 1 aliphatic rings. The fraction of sp³-hybridized carbons (Fsp3) is 0.818. The molecule has 1 rings (SSSR count). The van der Waals surface area contributed by atoms with Crippen LogP contribution >= 0.6 is 0 Å². The number of hydrogen-bond acceptors (Lipinski definition) is 3. The van der Waals surface area contributed by atoms with Crippen LogP contribution in [0.3, 0.4) is 0 Å². The second-order valence-corrected chi connectivity index (χ2v) is 4.84. The van der Waals surface area contributed by atoms with E-state index in [1.807, 2.05) is 13.8 Å². The Morgan fingerprint density at radius 3 is 2.50 bits per heavy atom. The summed E-state index contributed by atoms with van der Waals surface area (Å²) in [4.78, 5) is 24.5. The first-order valence-corrected chi connectivity index (χ1v) is 5.74. The van der Waals surface area contributed by atoms with Gasteiger partial charge in [0.2, 0.25) is 11.8 Å². The van der Waals surface area contributed by atoms with Crippen LogP contribution in [0.5, 0.6) is 0 Å². The molecule has 0 aromatic rings. The Morgan fingerprint density at radius 2 is 2.06 bits per heavy atom. The lowest BCUT2D eigenvalue weighted by Crippen LogP contribution is -2.37. The highest BCUT2D eigenvalue weighted by atomic mass is 16.2. The lowest BCUT2D eigenvalue weighted by molar-refractivity contribution is -0.131. The Bertz CT molecular complexity index is 278. The first-order valence-electron chi connectivity index (χ1n) is 5.74. The second-order valence-electron chi connectivity index (χ2n) is 4.84. The minimum Gasteiger partial charge on any atom is -0.369 e. The summed E-state index contributed by atoms with van der Waals surface area (Å²) in [6.45, 7) is 5.07. The molecular weight excluding hydrogens is 206 g/mol. The van der Waals surface area contributed by atoms with Crippen LogP contribution in [0.1, 0.15) is 26.7 Å². The summed E-state index contributed by atoms with van der Waals surface area (Å²) < 4.78 is 0. The van der Waals surface area contributed by atoms with E-state index in [1.165, 1.54) is 0 Å². The molecule has 2 amide bonds. The average molecular weight is 227 g/mol. The predicted octanol–water partition coefficient (Wildman–Crippen LogP) is -0.306. The highest BCUT2D eigenvalue weighted by Crippen LogP contribution is 2.17. The molecule has 0 bridgehead atoms. The number of likely N-dealkylation sites (tertiary alicyclic amines) is 1. The van der Waals surface area contributed by atoms with Crippen LogP contribution in [-0.4, -0.2) is 35.8 Å². The third-order valence-corrected chi connectivity index (χ3v) is 3.21. The van der Waals surface area contributed by atoms with E-state index in [9.17, 15) is 9.59 Å². The summed E-state index contributed by atoms with van der Waals surface area (Å²) in [6, 6.07) is -0.111. The van der Waals surface area contributed by atoms with E-state index in [2.05, 4.69) is 0 Å². The standard InChI is InChI=1S/C11H21N3O2/c1-7(2)9(12)5-10(15)14-4-3-8(6-14)11(13)16/h7-9H,3-6,12H2,1-2H3,(H2,13,16). The molecule has 2 atom stereocenters. The molecule has 0 spiro atoms. The van der Waals surface area contributed by atoms with Gasteiger partial charge in [-0.15, -0.1) is 0 Å². The van der Waals surface area contributed by atoms with Crippen molar-refractivity contribution in [1.29, 1.82) is 0 Å². The van der Waals surface area contributed by atoms with E-state index >= 15 is 0 Å².